The Hall–Kier alpha value is -0.300. The van der Waals surface area contributed by atoms with Gasteiger partial charge in [-0.3, -0.25) is 0 Å². The molecule has 1 aromatic carbocycles. The first kappa shape index (κ1) is 11.2. The van der Waals surface area contributed by atoms with Crippen LogP contribution in [-0.2, 0) is 0 Å². The zero-order chi connectivity index (χ0) is 10.8. The summed E-state index contributed by atoms with van der Waals surface area (Å²) in [6.45, 7) is 4.48. The van der Waals surface area contributed by atoms with E-state index in [1.165, 1.54) is 30.4 Å². The summed E-state index contributed by atoms with van der Waals surface area (Å²) in [5.74, 6) is 1.62. The van der Waals surface area contributed by atoms with Crippen LogP contribution in [0.5, 0.6) is 0 Å². The lowest BCUT2D eigenvalue weighted by Crippen LogP contribution is -1.93. The third-order valence-electron chi connectivity index (χ3n) is 3.20. The number of halogens is 1. The van der Waals surface area contributed by atoms with Gasteiger partial charge >= 0.3 is 0 Å². The zero-order valence-corrected chi connectivity index (χ0v) is 11.1. The normalized spacial score (nSPS) is 18.1. The molecule has 1 unspecified atom stereocenters. The highest BCUT2D eigenvalue weighted by atomic mass is 79.9. The molecule has 82 valence electrons. The fourth-order valence-electron chi connectivity index (χ4n) is 1.87. The van der Waals surface area contributed by atoms with Crippen molar-refractivity contribution in [2.24, 2.45) is 5.92 Å². The van der Waals surface area contributed by atoms with Gasteiger partial charge in [-0.05, 0) is 29.4 Å². The molecule has 0 spiro atoms. The Morgan fingerprint density at radius 1 is 1.13 bits per heavy atom. The minimum Gasteiger partial charge on any atom is -0.0839 e. The van der Waals surface area contributed by atoms with Gasteiger partial charge in [0.15, 0.2) is 0 Å². The minimum atomic E-state index is 0.561. The monoisotopic (exact) mass is 266 g/mol. The largest absolute Gasteiger partial charge is 0.0839 e. The molecule has 0 heterocycles. The number of hydrogen-bond acceptors (Lipinski definition) is 0. The van der Waals surface area contributed by atoms with E-state index in [1.807, 2.05) is 0 Å². The van der Waals surface area contributed by atoms with E-state index in [0.717, 1.165) is 5.92 Å². The van der Waals surface area contributed by atoms with E-state index < -0.39 is 0 Å². The van der Waals surface area contributed by atoms with Gasteiger partial charge in [-0.15, -0.1) is 0 Å². The van der Waals surface area contributed by atoms with Crippen molar-refractivity contribution < 1.29 is 0 Å². The molecule has 0 bridgehead atoms. The van der Waals surface area contributed by atoms with Gasteiger partial charge in [0.05, 0.1) is 0 Å². The van der Waals surface area contributed by atoms with Crippen LogP contribution < -0.4 is 0 Å². The van der Waals surface area contributed by atoms with Crippen LogP contribution >= 0.6 is 15.9 Å². The molecule has 1 atom stereocenters. The summed E-state index contributed by atoms with van der Waals surface area (Å²) in [6.07, 6.45) is 4.18. The van der Waals surface area contributed by atoms with Gasteiger partial charge in [-0.25, -0.2) is 0 Å². The Balaban J connectivity index is 2.01. The molecule has 0 N–H and O–H groups in total. The van der Waals surface area contributed by atoms with E-state index >= 15 is 0 Å². The third kappa shape index (κ3) is 3.07. The molecule has 1 fully saturated rings. The quantitative estimate of drug-likeness (QED) is 0.670. The summed E-state index contributed by atoms with van der Waals surface area (Å²) < 4.78 is 0. The van der Waals surface area contributed by atoms with Crippen molar-refractivity contribution in [1.29, 1.82) is 0 Å². The number of hydrogen-bond donors (Lipinski definition) is 0. The lowest BCUT2D eigenvalue weighted by molar-refractivity contribution is 0.720. The Labute approximate surface area is 101 Å². The molecular formula is C14H19Br. The van der Waals surface area contributed by atoms with Gasteiger partial charge in [0, 0.05) is 4.83 Å². The number of benzene rings is 1. The molecule has 1 heteroatoms. The first-order valence-corrected chi connectivity index (χ1v) is 6.82. The minimum absolute atomic E-state index is 0.561. The second kappa shape index (κ2) is 4.69. The van der Waals surface area contributed by atoms with Gasteiger partial charge < -0.3 is 0 Å². The van der Waals surface area contributed by atoms with E-state index in [2.05, 4.69) is 54.0 Å². The topological polar surface area (TPSA) is 0 Å². The Morgan fingerprint density at radius 3 is 2.13 bits per heavy atom. The van der Waals surface area contributed by atoms with Crippen LogP contribution in [0, 0.1) is 5.92 Å². The molecule has 1 saturated carbocycles. The lowest BCUT2D eigenvalue weighted by Gasteiger charge is -2.11. The summed E-state index contributed by atoms with van der Waals surface area (Å²) in [6, 6.07) is 9.08. The standard InChI is InChI=1S/C14H19Br/c1-10(2)12-5-7-13(8-6-12)14(15)9-11-3-4-11/h5-8,10-11,14H,3-4,9H2,1-2H3. The molecule has 0 aromatic heterocycles. The van der Waals surface area contributed by atoms with Gasteiger partial charge in [0.2, 0.25) is 0 Å². The summed E-state index contributed by atoms with van der Waals surface area (Å²) in [5, 5.41) is 0. The summed E-state index contributed by atoms with van der Waals surface area (Å²) >= 11 is 3.79. The van der Waals surface area contributed by atoms with Crippen LogP contribution in [0.25, 0.3) is 0 Å². The van der Waals surface area contributed by atoms with Crippen LogP contribution in [0.2, 0.25) is 0 Å². The fraction of sp³-hybridized carbons (Fsp3) is 0.571. The van der Waals surface area contributed by atoms with Crippen LogP contribution in [0.1, 0.15) is 55.0 Å². The van der Waals surface area contributed by atoms with Crippen molar-refractivity contribution >= 4 is 15.9 Å². The Bertz CT molecular complexity index is 309. The molecule has 0 radical (unpaired) electrons. The molecule has 15 heavy (non-hydrogen) atoms. The van der Waals surface area contributed by atoms with Crippen LogP contribution in [0.15, 0.2) is 24.3 Å². The molecule has 1 aromatic rings. The Kier molecular flexibility index (Phi) is 3.50. The molecule has 1 aliphatic rings. The van der Waals surface area contributed by atoms with Crippen molar-refractivity contribution in [3.05, 3.63) is 35.4 Å². The SMILES string of the molecule is CC(C)c1ccc(C(Br)CC2CC2)cc1. The maximum atomic E-state index is 3.79. The first-order chi connectivity index (χ1) is 7.16. The highest BCUT2D eigenvalue weighted by Crippen LogP contribution is 2.41. The third-order valence-corrected chi connectivity index (χ3v) is 4.10. The second-order valence-electron chi connectivity index (χ2n) is 4.97. The summed E-state index contributed by atoms with van der Waals surface area (Å²) in [7, 11) is 0. The van der Waals surface area contributed by atoms with Crippen LogP contribution in [0.3, 0.4) is 0 Å². The molecule has 2 rings (SSSR count). The van der Waals surface area contributed by atoms with Crippen molar-refractivity contribution in [3.8, 4) is 0 Å². The molecule has 0 saturated heterocycles. The summed E-state index contributed by atoms with van der Waals surface area (Å²) in [4.78, 5) is 0.561. The average Bonchev–Trinajstić information content (AvgIpc) is 3.02. The van der Waals surface area contributed by atoms with E-state index in [-0.39, 0.29) is 0 Å². The van der Waals surface area contributed by atoms with Crippen molar-refractivity contribution in [2.75, 3.05) is 0 Å². The number of rotatable bonds is 4. The van der Waals surface area contributed by atoms with E-state index in [0.29, 0.717) is 10.7 Å². The molecule has 1 aliphatic carbocycles. The van der Waals surface area contributed by atoms with E-state index in [1.54, 1.807) is 0 Å². The maximum absolute atomic E-state index is 3.79. The van der Waals surface area contributed by atoms with Crippen LogP contribution in [-0.4, -0.2) is 0 Å². The maximum Gasteiger partial charge on any atom is 0.0397 e. The van der Waals surface area contributed by atoms with Gasteiger partial charge in [0.1, 0.15) is 0 Å². The molecule has 0 aliphatic heterocycles. The Morgan fingerprint density at radius 2 is 1.67 bits per heavy atom. The summed E-state index contributed by atoms with van der Waals surface area (Å²) in [5.41, 5.74) is 2.87. The fourth-order valence-corrected chi connectivity index (χ4v) is 2.71. The predicted octanol–water partition coefficient (Wildman–Crippen LogP) is 5.05. The lowest BCUT2D eigenvalue weighted by atomic mass is 10.00. The molecule has 0 nitrogen and oxygen atoms in total. The highest BCUT2D eigenvalue weighted by molar-refractivity contribution is 9.09. The zero-order valence-electron chi connectivity index (χ0n) is 9.54. The van der Waals surface area contributed by atoms with Crippen molar-refractivity contribution in [2.45, 2.75) is 43.9 Å². The van der Waals surface area contributed by atoms with E-state index in [4.69, 9.17) is 0 Å². The number of alkyl halides is 1. The second-order valence-corrected chi connectivity index (χ2v) is 6.07. The molecular weight excluding hydrogens is 248 g/mol. The average molecular weight is 267 g/mol. The van der Waals surface area contributed by atoms with Gasteiger partial charge in [-0.2, -0.15) is 0 Å². The highest BCUT2D eigenvalue weighted by Gasteiger charge is 2.24. The predicted molar refractivity (Wildman–Crippen MR) is 69.5 cm³/mol. The molecule has 0 amide bonds. The first-order valence-electron chi connectivity index (χ1n) is 5.90. The van der Waals surface area contributed by atoms with Crippen LogP contribution in [0.4, 0.5) is 0 Å². The van der Waals surface area contributed by atoms with Gasteiger partial charge in [0.25, 0.3) is 0 Å². The van der Waals surface area contributed by atoms with Crippen molar-refractivity contribution in [1.82, 2.24) is 0 Å². The van der Waals surface area contributed by atoms with Gasteiger partial charge in [-0.1, -0.05) is 66.9 Å². The van der Waals surface area contributed by atoms with Crippen molar-refractivity contribution in [3.63, 3.8) is 0 Å². The van der Waals surface area contributed by atoms with E-state index in [9.17, 15) is 0 Å². The smallest absolute Gasteiger partial charge is 0.0397 e.